The Morgan fingerprint density at radius 3 is 2.81 bits per heavy atom. The fourth-order valence-electron chi connectivity index (χ4n) is 3.96. The van der Waals surface area contributed by atoms with E-state index in [0.717, 1.165) is 42.9 Å². The second-order valence-electron chi connectivity index (χ2n) is 7.76. The number of para-hydroxylation sites is 1. The third-order valence-corrected chi connectivity index (χ3v) is 6.48. The number of carbonyl (C=O) groups excluding carboxylic acids is 1. The van der Waals surface area contributed by atoms with Crippen LogP contribution in [-0.2, 0) is 6.42 Å². The molecule has 0 fully saturated rings. The van der Waals surface area contributed by atoms with Crippen molar-refractivity contribution in [1.29, 1.82) is 0 Å². The summed E-state index contributed by atoms with van der Waals surface area (Å²) < 4.78 is 5.26. The second kappa shape index (κ2) is 10.3. The lowest BCUT2D eigenvalue weighted by Crippen LogP contribution is -2.34. The Kier molecular flexibility index (Phi) is 7.07. The summed E-state index contributed by atoms with van der Waals surface area (Å²) in [6.07, 6.45) is 2.57. The first-order valence-corrected chi connectivity index (χ1v) is 11.8. The molecule has 2 aromatic carbocycles. The maximum absolute atomic E-state index is 11.9. The number of ether oxygens (including phenoxy) is 1. The smallest absolute Gasteiger partial charge is 0.410 e. The van der Waals surface area contributed by atoms with Crippen LogP contribution >= 0.6 is 11.3 Å². The van der Waals surface area contributed by atoms with Gasteiger partial charge in [0.25, 0.3) is 0 Å². The highest BCUT2D eigenvalue weighted by molar-refractivity contribution is 7.12. The van der Waals surface area contributed by atoms with Crippen molar-refractivity contribution in [3.63, 3.8) is 0 Å². The number of amides is 1. The fourth-order valence-corrected chi connectivity index (χ4v) is 4.59. The zero-order chi connectivity index (χ0) is 22.3. The summed E-state index contributed by atoms with van der Waals surface area (Å²) in [6, 6.07) is 17.3. The first kappa shape index (κ1) is 21.9. The number of anilines is 1. The SMILES string of the molecule is Cc1c(N=C(N)c2cccs2)ccc2c1CCCN2CCCNC(=O)Oc1ccccc1. The molecule has 166 valence electrons. The summed E-state index contributed by atoms with van der Waals surface area (Å²) in [6.45, 7) is 4.58. The monoisotopic (exact) mass is 448 g/mol. The minimum Gasteiger partial charge on any atom is -0.410 e. The summed E-state index contributed by atoms with van der Waals surface area (Å²) in [7, 11) is 0. The van der Waals surface area contributed by atoms with Crippen LogP contribution in [0.15, 0.2) is 65.0 Å². The van der Waals surface area contributed by atoms with Crippen molar-refractivity contribution in [2.75, 3.05) is 24.5 Å². The number of nitrogens with one attached hydrogen (secondary N) is 1. The largest absolute Gasteiger partial charge is 0.412 e. The van der Waals surface area contributed by atoms with Crippen molar-refractivity contribution < 1.29 is 9.53 Å². The van der Waals surface area contributed by atoms with Gasteiger partial charge >= 0.3 is 6.09 Å². The highest BCUT2D eigenvalue weighted by Crippen LogP contribution is 2.35. The normalized spacial score (nSPS) is 13.5. The quantitative estimate of drug-likeness (QED) is 0.302. The number of aliphatic imine (C=N–C) groups is 1. The van der Waals surface area contributed by atoms with E-state index in [-0.39, 0.29) is 0 Å². The number of hydrogen-bond acceptors (Lipinski definition) is 5. The molecule has 7 heteroatoms. The number of rotatable bonds is 7. The Balaban J connectivity index is 1.35. The van der Waals surface area contributed by atoms with E-state index in [2.05, 4.69) is 34.3 Å². The van der Waals surface area contributed by atoms with Crippen LogP contribution in [0.3, 0.4) is 0 Å². The van der Waals surface area contributed by atoms with Gasteiger partial charge in [0, 0.05) is 25.3 Å². The van der Waals surface area contributed by atoms with Crippen LogP contribution < -0.4 is 20.7 Å². The van der Waals surface area contributed by atoms with Gasteiger partial charge < -0.3 is 20.7 Å². The molecule has 0 atom stereocenters. The van der Waals surface area contributed by atoms with Crippen LogP contribution in [0.25, 0.3) is 0 Å². The van der Waals surface area contributed by atoms with Gasteiger partial charge in [-0.25, -0.2) is 9.79 Å². The van der Waals surface area contributed by atoms with Crippen molar-refractivity contribution in [3.05, 3.63) is 76.0 Å². The first-order chi connectivity index (χ1) is 15.6. The molecule has 3 aromatic rings. The van der Waals surface area contributed by atoms with Gasteiger partial charge in [0.2, 0.25) is 0 Å². The summed E-state index contributed by atoms with van der Waals surface area (Å²) in [4.78, 5) is 20.0. The molecular weight excluding hydrogens is 420 g/mol. The van der Waals surface area contributed by atoms with Gasteiger partial charge in [-0.05, 0) is 73.0 Å². The van der Waals surface area contributed by atoms with Crippen molar-refractivity contribution >= 4 is 34.6 Å². The number of benzene rings is 2. The van der Waals surface area contributed by atoms with Crippen LogP contribution in [0.2, 0.25) is 0 Å². The Hall–Kier alpha value is -3.32. The molecule has 0 aliphatic carbocycles. The summed E-state index contributed by atoms with van der Waals surface area (Å²) in [5, 5.41) is 4.84. The minimum atomic E-state index is -0.420. The molecule has 6 nitrogen and oxygen atoms in total. The number of nitrogens with two attached hydrogens (primary N) is 1. The van der Waals surface area contributed by atoms with Crippen LogP contribution in [0.5, 0.6) is 5.75 Å². The molecule has 2 heterocycles. The van der Waals surface area contributed by atoms with Gasteiger partial charge in [-0.3, -0.25) is 0 Å². The standard InChI is InChI=1S/C25H28N4O2S/c1-18-20-10-5-15-29(16-7-14-27-25(30)31-19-8-3-2-4-9-19)22(20)13-12-21(18)28-24(26)23-11-6-17-32-23/h2-4,6,8-9,11-13,17H,5,7,10,14-16H2,1H3,(H2,26,28)(H,27,30). The van der Waals surface area contributed by atoms with E-state index in [9.17, 15) is 4.79 Å². The van der Waals surface area contributed by atoms with Gasteiger partial charge in [-0.1, -0.05) is 24.3 Å². The zero-order valence-corrected chi connectivity index (χ0v) is 19.0. The molecule has 0 saturated carbocycles. The average Bonchev–Trinajstić information content (AvgIpc) is 3.35. The number of thiophene rings is 1. The van der Waals surface area contributed by atoms with Crippen molar-refractivity contribution in [2.45, 2.75) is 26.2 Å². The molecule has 0 unspecified atom stereocenters. The van der Waals surface area contributed by atoms with E-state index in [0.29, 0.717) is 18.1 Å². The van der Waals surface area contributed by atoms with Gasteiger partial charge in [-0.2, -0.15) is 0 Å². The Morgan fingerprint density at radius 1 is 1.19 bits per heavy atom. The number of amidine groups is 1. The Labute approximate surface area is 192 Å². The molecule has 0 radical (unpaired) electrons. The summed E-state index contributed by atoms with van der Waals surface area (Å²) in [5.41, 5.74) is 10.9. The number of nitrogens with zero attached hydrogens (tertiary/aromatic N) is 2. The van der Waals surface area contributed by atoms with Crippen molar-refractivity contribution in [1.82, 2.24) is 5.32 Å². The maximum atomic E-state index is 11.9. The van der Waals surface area contributed by atoms with E-state index in [4.69, 9.17) is 10.5 Å². The van der Waals surface area contributed by atoms with Gasteiger partial charge in [0.15, 0.2) is 0 Å². The molecule has 0 spiro atoms. The first-order valence-electron chi connectivity index (χ1n) is 10.9. The van der Waals surface area contributed by atoms with Gasteiger partial charge in [0.05, 0.1) is 10.6 Å². The predicted octanol–water partition coefficient (Wildman–Crippen LogP) is 5.02. The molecule has 1 aliphatic heterocycles. The minimum absolute atomic E-state index is 0.420. The highest BCUT2D eigenvalue weighted by atomic mass is 32.1. The molecule has 0 saturated heterocycles. The van der Waals surface area contributed by atoms with E-state index in [1.165, 1.54) is 16.8 Å². The molecule has 3 N–H and O–H groups in total. The number of carbonyl (C=O) groups is 1. The third kappa shape index (κ3) is 5.29. The van der Waals surface area contributed by atoms with Crippen molar-refractivity contribution in [3.8, 4) is 5.75 Å². The second-order valence-corrected chi connectivity index (χ2v) is 8.70. The number of hydrogen-bond donors (Lipinski definition) is 2. The van der Waals surface area contributed by atoms with E-state index < -0.39 is 6.09 Å². The molecule has 1 aromatic heterocycles. The van der Waals surface area contributed by atoms with Crippen LogP contribution in [-0.4, -0.2) is 31.6 Å². The molecular formula is C25H28N4O2S. The summed E-state index contributed by atoms with van der Waals surface area (Å²) >= 11 is 1.60. The fraction of sp³-hybridized carbons (Fsp3) is 0.280. The van der Waals surface area contributed by atoms with Gasteiger partial charge in [0.1, 0.15) is 11.6 Å². The molecule has 4 rings (SSSR count). The van der Waals surface area contributed by atoms with E-state index in [1.807, 2.05) is 35.7 Å². The van der Waals surface area contributed by atoms with Gasteiger partial charge in [-0.15, -0.1) is 11.3 Å². The van der Waals surface area contributed by atoms with Crippen molar-refractivity contribution in [2.24, 2.45) is 10.7 Å². The molecule has 1 aliphatic rings. The third-order valence-electron chi connectivity index (χ3n) is 5.58. The average molecular weight is 449 g/mol. The zero-order valence-electron chi connectivity index (χ0n) is 18.2. The van der Waals surface area contributed by atoms with E-state index in [1.54, 1.807) is 23.5 Å². The molecule has 32 heavy (non-hydrogen) atoms. The lowest BCUT2D eigenvalue weighted by Gasteiger charge is -2.32. The summed E-state index contributed by atoms with van der Waals surface area (Å²) in [5.74, 6) is 1.10. The lowest BCUT2D eigenvalue weighted by atomic mass is 9.95. The highest BCUT2D eigenvalue weighted by Gasteiger charge is 2.20. The number of fused-ring (bicyclic) bond motifs is 1. The Morgan fingerprint density at radius 2 is 2.03 bits per heavy atom. The molecule has 1 amide bonds. The van der Waals surface area contributed by atoms with Crippen LogP contribution in [0, 0.1) is 6.92 Å². The predicted molar refractivity (Wildman–Crippen MR) is 132 cm³/mol. The Bertz CT molecular complexity index is 1080. The maximum Gasteiger partial charge on any atom is 0.412 e. The molecule has 0 bridgehead atoms. The van der Waals surface area contributed by atoms with Crippen LogP contribution in [0.1, 0.15) is 28.8 Å². The van der Waals surface area contributed by atoms with Crippen LogP contribution in [0.4, 0.5) is 16.2 Å². The topological polar surface area (TPSA) is 80.0 Å². The van der Waals surface area contributed by atoms with E-state index >= 15 is 0 Å². The lowest BCUT2D eigenvalue weighted by molar-refractivity contribution is 0.200.